The van der Waals surface area contributed by atoms with Crippen LogP contribution in [0.5, 0.6) is 5.75 Å². The predicted octanol–water partition coefficient (Wildman–Crippen LogP) is 4.46. The Hall–Kier alpha value is -2.90. The summed E-state index contributed by atoms with van der Waals surface area (Å²) in [6, 6.07) is 13.0. The molecular weight excluding hydrogens is 384 g/mol. The molecule has 0 spiro atoms. The third-order valence-corrected chi connectivity index (χ3v) is 5.11. The molecule has 0 saturated carbocycles. The second kappa shape index (κ2) is 7.38. The highest BCUT2D eigenvalue weighted by Gasteiger charge is 2.11. The number of benzene rings is 2. The fraction of sp³-hybridized carbons (Fsp3) is 0.105. The van der Waals surface area contributed by atoms with Gasteiger partial charge in [0.1, 0.15) is 5.75 Å². The molecule has 0 unspecified atom stereocenters. The van der Waals surface area contributed by atoms with E-state index in [1.807, 2.05) is 30.3 Å². The molecular formula is C19H15ClN4O2S. The Kier molecular flexibility index (Phi) is 4.79. The van der Waals surface area contributed by atoms with Crippen molar-refractivity contribution in [2.24, 2.45) is 0 Å². The molecule has 136 valence electrons. The van der Waals surface area contributed by atoms with Gasteiger partial charge in [0.05, 0.1) is 35.1 Å². The Bertz CT molecular complexity index is 1100. The van der Waals surface area contributed by atoms with Crippen molar-refractivity contribution in [2.45, 2.75) is 6.54 Å². The zero-order chi connectivity index (χ0) is 18.8. The Morgan fingerprint density at radius 3 is 2.78 bits per heavy atom. The summed E-state index contributed by atoms with van der Waals surface area (Å²) in [5, 5.41) is 8.15. The summed E-state index contributed by atoms with van der Waals surface area (Å²) in [7, 11) is 1.62. The third kappa shape index (κ3) is 3.94. The lowest BCUT2D eigenvalue weighted by Gasteiger charge is -2.04. The number of anilines is 1. The molecule has 6 nitrogen and oxygen atoms in total. The highest BCUT2D eigenvalue weighted by Crippen LogP contribution is 2.29. The number of hydrogen-bond acceptors (Lipinski definition) is 5. The van der Waals surface area contributed by atoms with Crippen molar-refractivity contribution in [3.05, 3.63) is 71.0 Å². The van der Waals surface area contributed by atoms with Crippen LogP contribution in [-0.4, -0.2) is 27.8 Å². The van der Waals surface area contributed by atoms with Crippen LogP contribution in [0.3, 0.4) is 0 Å². The van der Waals surface area contributed by atoms with Crippen LogP contribution in [0.15, 0.2) is 54.9 Å². The zero-order valence-corrected chi connectivity index (χ0v) is 15.9. The summed E-state index contributed by atoms with van der Waals surface area (Å²) in [6.45, 7) is 0.592. The van der Waals surface area contributed by atoms with E-state index in [-0.39, 0.29) is 5.91 Å². The fourth-order valence-corrected chi connectivity index (χ4v) is 3.67. The van der Waals surface area contributed by atoms with Crippen LogP contribution >= 0.6 is 22.9 Å². The van der Waals surface area contributed by atoms with E-state index in [1.165, 1.54) is 11.3 Å². The Morgan fingerprint density at radius 2 is 2.07 bits per heavy atom. The van der Waals surface area contributed by atoms with Crippen molar-refractivity contribution >= 4 is 44.2 Å². The second-order valence-electron chi connectivity index (χ2n) is 5.86. The van der Waals surface area contributed by atoms with Crippen molar-refractivity contribution < 1.29 is 9.53 Å². The first-order valence-electron chi connectivity index (χ1n) is 8.13. The zero-order valence-electron chi connectivity index (χ0n) is 14.3. The largest absolute Gasteiger partial charge is 0.497 e. The minimum Gasteiger partial charge on any atom is -0.497 e. The van der Waals surface area contributed by atoms with Crippen LogP contribution in [0.4, 0.5) is 5.13 Å². The van der Waals surface area contributed by atoms with Gasteiger partial charge in [-0.25, -0.2) is 4.98 Å². The topological polar surface area (TPSA) is 69.0 Å². The molecule has 0 saturated heterocycles. The lowest BCUT2D eigenvalue weighted by atomic mass is 10.1. The van der Waals surface area contributed by atoms with E-state index in [1.54, 1.807) is 36.3 Å². The lowest BCUT2D eigenvalue weighted by Crippen LogP contribution is -2.11. The van der Waals surface area contributed by atoms with Gasteiger partial charge in [-0.3, -0.25) is 14.8 Å². The van der Waals surface area contributed by atoms with Crippen LogP contribution in [0.1, 0.15) is 15.9 Å². The van der Waals surface area contributed by atoms with Crippen LogP contribution < -0.4 is 10.1 Å². The van der Waals surface area contributed by atoms with Gasteiger partial charge in [0.2, 0.25) is 0 Å². The molecule has 8 heteroatoms. The van der Waals surface area contributed by atoms with E-state index in [0.717, 1.165) is 21.5 Å². The number of nitrogens with one attached hydrogen (secondary N) is 1. The number of carbonyl (C=O) groups is 1. The molecule has 0 aliphatic heterocycles. The second-order valence-corrected chi connectivity index (χ2v) is 7.33. The molecule has 1 amide bonds. The van der Waals surface area contributed by atoms with Gasteiger partial charge in [-0.15, -0.1) is 0 Å². The first-order valence-corrected chi connectivity index (χ1v) is 9.33. The molecule has 2 heterocycles. The number of carbonyl (C=O) groups excluding carboxylic acids is 1. The summed E-state index contributed by atoms with van der Waals surface area (Å²) in [5.41, 5.74) is 2.41. The SMILES string of the molecule is COc1ccc2nc(NC(=O)c3ccc(Cn4cc(Cl)cn4)cc3)sc2c1. The average molecular weight is 399 g/mol. The van der Waals surface area contributed by atoms with Gasteiger partial charge in [0, 0.05) is 11.8 Å². The smallest absolute Gasteiger partial charge is 0.257 e. The first-order chi connectivity index (χ1) is 13.1. The van der Waals surface area contributed by atoms with Crippen molar-refractivity contribution in [3.8, 4) is 5.75 Å². The number of hydrogen-bond donors (Lipinski definition) is 1. The Morgan fingerprint density at radius 1 is 1.26 bits per heavy atom. The molecule has 1 N–H and O–H groups in total. The summed E-state index contributed by atoms with van der Waals surface area (Å²) in [4.78, 5) is 16.9. The molecule has 4 rings (SSSR count). The summed E-state index contributed by atoms with van der Waals surface area (Å²) in [5.74, 6) is 0.563. The summed E-state index contributed by atoms with van der Waals surface area (Å²) in [6.07, 6.45) is 3.35. The molecule has 0 atom stereocenters. The van der Waals surface area contributed by atoms with Gasteiger partial charge in [0.25, 0.3) is 5.91 Å². The number of fused-ring (bicyclic) bond motifs is 1. The highest BCUT2D eigenvalue weighted by atomic mass is 35.5. The third-order valence-electron chi connectivity index (χ3n) is 3.98. The number of methoxy groups -OCH3 is 1. The van der Waals surface area contributed by atoms with E-state index in [9.17, 15) is 4.79 Å². The van der Waals surface area contributed by atoms with Crippen LogP contribution in [0.2, 0.25) is 5.02 Å². The first kappa shape index (κ1) is 17.5. The van der Waals surface area contributed by atoms with Crippen molar-refractivity contribution in [3.63, 3.8) is 0 Å². The van der Waals surface area contributed by atoms with E-state index < -0.39 is 0 Å². The maximum absolute atomic E-state index is 12.5. The number of rotatable bonds is 5. The van der Waals surface area contributed by atoms with Gasteiger partial charge in [-0.05, 0) is 35.9 Å². The Balaban J connectivity index is 1.46. The maximum Gasteiger partial charge on any atom is 0.257 e. The molecule has 0 bridgehead atoms. The minimum atomic E-state index is -0.199. The monoisotopic (exact) mass is 398 g/mol. The fourth-order valence-electron chi connectivity index (χ4n) is 2.63. The predicted molar refractivity (Wildman–Crippen MR) is 107 cm³/mol. The van der Waals surface area contributed by atoms with E-state index >= 15 is 0 Å². The molecule has 0 fully saturated rings. The number of ether oxygens (including phenoxy) is 1. The van der Waals surface area contributed by atoms with Crippen molar-refractivity contribution in [2.75, 3.05) is 12.4 Å². The van der Waals surface area contributed by atoms with Crippen molar-refractivity contribution in [1.82, 2.24) is 14.8 Å². The highest BCUT2D eigenvalue weighted by molar-refractivity contribution is 7.22. The van der Waals surface area contributed by atoms with Gasteiger partial charge in [-0.1, -0.05) is 35.1 Å². The van der Waals surface area contributed by atoms with Crippen LogP contribution in [-0.2, 0) is 6.54 Å². The number of aromatic nitrogens is 3. The van der Waals surface area contributed by atoms with Crippen LogP contribution in [0, 0.1) is 0 Å². The molecule has 0 aliphatic carbocycles. The quantitative estimate of drug-likeness (QED) is 0.539. The molecule has 0 radical (unpaired) electrons. The molecule has 2 aromatic heterocycles. The number of halogens is 1. The summed E-state index contributed by atoms with van der Waals surface area (Å²) < 4.78 is 7.91. The van der Waals surface area contributed by atoms with E-state index in [0.29, 0.717) is 22.3 Å². The number of thiazole rings is 1. The van der Waals surface area contributed by atoms with E-state index in [2.05, 4.69) is 15.4 Å². The normalized spacial score (nSPS) is 10.9. The molecule has 4 aromatic rings. The molecule has 27 heavy (non-hydrogen) atoms. The molecule has 0 aliphatic rings. The van der Waals surface area contributed by atoms with Crippen molar-refractivity contribution in [1.29, 1.82) is 0 Å². The van der Waals surface area contributed by atoms with Gasteiger partial charge in [-0.2, -0.15) is 5.10 Å². The maximum atomic E-state index is 12.5. The lowest BCUT2D eigenvalue weighted by molar-refractivity contribution is 0.102. The minimum absolute atomic E-state index is 0.199. The van der Waals surface area contributed by atoms with Crippen LogP contribution in [0.25, 0.3) is 10.2 Å². The Labute approximate surface area is 164 Å². The standard InChI is InChI=1S/C19H15ClN4O2S/c1-26-15-6-7-16-17(8-15)27-19(22-16)23-18(25)13-4-2-12(3-5-13)10-24-11-14(20)9-21-24/h2-9,11H,10H2,1H3,(H,22,23,25). The number of amides is 1. The molecule has 2 aromatic carbocycles. The average Bonchev–Trinajstić information content (AvgIpc) is 3.26. The number of nitrogens with zero attached hydrogens (tertiary/aromatic N) is 3. The van der Waals surface area contributed by atoms with Gasteiger partial charge in [0.15, 0.2) is 5.13 Å². The van der Waals surface area contributed by atoms with Gasteiger partial charge < -0.3 is 4.74 Å². The van der Waals surface area contributed by atoms with Gasteiger partial charge >= 0.3 is 0 Å². The summed E-state index contributed by atoms with van der Waals surface area (Å²) >= 11 is 7.28. The van der Waals surface area contributed by atoms with E-state index in [4.69, 9.17) is 16.3 Å².